The van der Waals surface area contributed by atoms with Crippen LogP contribution in [0.3, 0.4) is 0 Å². The van der Waals surface area contributed by atoms with Crippen LogP contribution >= 0.6 is 0 Å². The zero-order chi connectivity index (χ0) is 15.4. The SMILES string of the molecule is COc1ccc([C@@H](NC(=O)c2cnn(C)c2)C(C)C)cc1. The van der Waals surface area contributed by atoms with Gasteiger partial charge in [0.1, 0.15) is 5.75 Å². The summed E-state index contributed by atoms with van der Waals surface area (Å²) >= 11 is 0. The van der Waals surface area contributed by atoms with E-state index < -0.39 is 0 Å². The summed E-state index contributed by atoms with van der Waals surface area (Å²) in [6.07, 6.45) is 3.28. The van der Waals surface area contributed by atoms with Gasteiger partial charge < -0.3 is 10.1 Å². The predicted molar refractivity (Wildman–Crippen MR) is 81.2 cm³/mol. The van der Waals surface area contributed by atoms with Crippen molar-refractivity contribution in [1.82, 2.24) is 15.1 Å². The monoisotopic (exact) mass is 287 g/mol. The number of benzene rings is 1. The lowest BCUT2D eigenvalue weighted by Crippen LogP contribution is -2.31. The highest BCUT2D eigenvalue weighted by atomic mass is 16.5. The maximum absolute atomic E-state index is 12.3. The van der Waals surface area contributed by atoms with Gasteiger partial charge in [-0.25, -0.2) is 0 Å². The van der Waals surface area contributed by atoms with E-state index in [4.69, 9.17) is 4.74 Å². The van der Waals surface area contributed by atoms with Crippen LogP contribution < -0.4 is 10.1 Å². The predicted octanol–water partition coefficient (Wildman–Crippen LogP) is 2.56. The van der Waals surface area contributed by atoms with Crippen molar-refractivity contribution in [3.05, 3.63) is 47.8 Å². The van der Waals surface area contributed by atoms with E-state index in [0.717, 1.165) is 11.3 Å². The minimum absolute atomic E-state index is 0.0522. The third kappa shape index (κ3) is 3.62. The molecule has 0 bridgehead atoms. The van der Waals surface area contributed by atoms with E-state index in [9.17, 15) is 4.79 Å². The summed E-state index contributed by atoms with van der Waals surface area (Å²) in [6, 6.07) is 7.71. The van der Waals surface area contributed by atoms with Gasteiger partial charge in [-0.2, -0.15) is 5.10 Å². The van der Waals surface area contributed by atoms with Crippen LogP contribution in [0.1, 0.15) is 35.8 Å². The summed E-state index contributed by atoms with van der Waals surface area (Å²) in [7, 11) is 3.43. The van der Waals surface area contributed by atoms with Crippen molar-refractivity contribution in [2.75, 3.05) is 7.11 Å². The number of ether oxygens (including phenoxy) is 1. The summed E-state index contributed by atoms with van der Waals surface area (Å²) in [5, 5.41) is 7.09. The Hall–Kier alpha value is -2.30. The number of carbonyl (C=O) groups excluding carboxylic acids is 1. The highest BCUT2D eigenvalue weighted by Crippen LogP contribution is 2.24. The largest absolute Gasteiger partial charge is 0.497 e. The molecule has 2 aromatic rings. The van der Waals surface area contributed by atoms with E-state index >= 15 is 0 Å². The Morgan fingerprint density at radius 2 is 1.95 bits per heavy atom. The van der Waals surface area contributed by atoms with Crippen LogP contribution in [-0.2, 0) is 7.05 Å². The van der Waals surface area contributed by atoms with Crippen molar-refractivity contribution >= 4 is 5.91 Å². The number of nitrogens with one attached hydrogen (secondary N) is 1. The Morgan fingerprint density at radius 1 is 1.29 bits per heavy atom. The second kappa shape index (κ2) is 6.43. The lowest BCUT2D eigenvalue weighted by molar-refractivity contribution is 0.0925. The number of aryl methyl sites for hydroxylation is 1. The second-order valence-corrected chi connectivity index (χ2v) is 5.37. The number of nitrogens with zero attached hydrogens (tertiary/aromatic N) is 2. The van der Waals surface area contributed by atoms with Crippen LogP contribution in [0.2, 0.25) is 0 Å². The minimum Gasteiger partial charge on any atom is -0.497 e. The smallest absolute Gasteiger partial charge is 0.254 e. The number of methoxy groups -OCH3 is 1. The molecule has 1 aromatic heterocycles. The van der Waals surface area contributed by atoms with Crippen molar-refractivity contribution in [1.29, 1.82) is 0 Å². The third-order valence-corrected chi connectivity index (χ3v) is 3.40. The third-order valence-electron chi connectivity index (χ3n) is 3.40. The van der Waals surface area contributed by atoms with Crippen LogP contribution in [0.5, 0.6) is 5.75 Å². The first-order chi connectivity index (χ1) is 10.0. The maximum Gasteiger partial charge on any atom is 0.254 e. The standard InChI is InChI=1S/C16H21N3O2/c1-11(2)15(12-5-7-14(21-4)8-6-12)18-16(20)13-9-17-19(3)10-13/h5-11,15H,1-4H3,(H,18,20)/t15-/m0/s1. The fourth-order valence-electron chi connectivity index (χ4n) is 2.21. The Labute approximate surface area is 124 Å². The van der Waals surface area contributed by atoms with Gasteiger partial charge in [-0.15, -0.1) is 0 Å². The number of amides is 1. The van der Waals surface area contributed by atoms with E-state index in [-0.39, 0.29) is 17.9 Å². The molecule has 112 valence electrons. The zero-order valence-electron chi connectivity index (χ0n) is 12.8. The number of hydrogen-bond acceptors (Lipinski definition) is 3. The summed E-state index contributed by atoms with van der Waals surface area (Å²) in [5.74, 6) is 0.969. The molecule has 0 saturated carbocycles. The van der Waals surface area contributed by atoms with Gasteiger partial charge in [0.25, 0.3) is 5.91 Å². The van der Waals surface area contributed by atoms with Gasteiger partial charge in [-0.1, -0.05) is 26.0 Å². The zero-order valence-corrected chi connectivity index (χ0v) is 12.8. The normalized spacial score (nSPS) is 12.2. The molecule has 1 heterocycles. The quantitative estimate of drug-likeness (QED) is 0.919. The molecule has 0 aliphatic carbocycles. The van der Waals surface area contributed by atoms with Crippen LogP contribution in [0.4, 0.5) is 0 Å². The van der Waals surface area contributed by atoms with Gasteiger partial charge in [-0.05, 0) is 23.6 Å². The fraction of sp³-hybridized carbons (Fsp3) is 0.375. The molecular formula is C16H21N3O2. The van der Waals surface area contributed by atoms with Crippen LogP contribution in [-0.4, -0.2) is 22.8 Å². The molecule has 1 atom stereocenters. The fourth-order valence-corrected chi connectivity index (χ4v) is 2.21. The highest BCUT2D eigenvalue weighted by molar-refractivity contribution is 5.93. The molecule has 5 heteroatoms. The van der Waals surface area contributed by atoms with Crippen LogP contribution in [0, 0.1) is 5.92 Å². The van der Waals surface area contributed by atoms with Crippen molar-refractivity contribution in [2.24, 2.45) is 13.0 Å². The van der Waals surface area contributed by atoms with E-state index in [1.807, 2.05) is 24.3 Å². The highest BCUT2D eigenvalue weighted by Gasteiger charge is 2.19. The van der Waals surface area contributed by atoms with Gasteiger partial charge in [0.05, 0.1) is 24.9 Å². The van der Waals surface area contributed by atoms with E-state index in [0.29, 0.717) is 5.56 Å². The molecule has 1 N–H and O–H groups in total. The lowest BCUT2D eigenvalue weighted by atomic mass is 9.95. The van der Waals surface area contributed by atoms with Gasteiger partial charge >= 0.3 is 0 Å². The second-order valence-electron chi connectivity index (χ2n) is 5.37. The van der Waals surface area contributed by atoms with Crippen LogP contribution in [0.25, 0.3) is 0 Å². The Balaban J connectivity index is 2.16. The van der Waals surface area contributed by atoms with Gasteiger partial charge in [0.2, 0.25) is 0 Å². The minimum atomic E-state index is -0.113. The van der Waals surface area contributed by atoms with Gasteiger partial charge in [0, 0.05) is 13.2 Å². The Kier molecular flexibility index (Phi) is 4.62. The molecule has 1 amide bonds. The Morgan fingerprint density at radius 3 is 2.43 bits per heavy atom. The average Bonchev–Trinajstić information content (AvgIpc) is 2.91. The number of carbonyl (C=O) groups is 1. The molecule has 0 unspecified atom stereocenters. The molecule has 0 aliphatic heterocycles. The molecular weight excluding hydrogens is 266 g/mol. The molecule has 0 aliphatic rings. The van der Waals surface area contributed by atoms with E-state index in [2.05, 4.69) is 24.3 Å². The number of hydrogen-bond donors (Lipinski definition) is 1. The molecule has 0 fully saturated rings. The molecule has 1 aromatic carbocycles. The molecule has 0 spiro atoms. The first kappa shape index (κ1) is 15.1. The van der Waals surface area contributed by atoms with Crippen molar-refractivity contribution in [3.8, 4) is 5.75 Å². The van der Waals surface area contributed by atoms with E-state index in [1.54, 1.807) is 31.2 Å². The summed E-state index contributed by atoms with van der Waals surface area (Å²) < 4.78 is 6.78. The first-order valence-electron chi connectivity index (χ1n) is 6.94. The van der Waals surface area contributed by atoms with Crippen LogP contribution in [0.15, 0.2) is 36.7 Å². The molecule has 0 radical (unpaired) electrons. The summed E-state index contributed by atoms with van der Waals surface area (Å²) in [6.45, 7) is 4.16. The lowest BCUT2D eigenvalue weighted by Gasteiger charge is -2.23. The molecule has 2 rings (SSSR count). The maximum atomic E-state index is 12.3. The van der Waals surface area contributed by atoms with Gasteiger partial charge in [-0.3, -0.25) is 9.48 Å². The molecule has 21 heavy (non-hydrogen) atoms. The van der Waals surface area contributed by atoms with Gasteiger partial charge in [0.15, 0.2) is 0 Å². The number of rotatable bonds is 5. The molecule has 5 nitrogen and oxygen atoms in total. The average molecular weight is 287 g/mol. The summed E-state index contributed by atoms with van der Waals surface area (Å²) in [5.41, 5.74) is 1.62. The Bertz CT molecular complexity index is 602. The first-order valence-corrected chi connectivity index (χ1v) is 6.94. The van der Waals surface area contributed by atoms with Crippen molar-refractivity contribution in [2.45, 2.75) is 19.9 Å². The van der Waals surface area contributed by atoms with Crippen molar-refractivity contribution in [3.63, 3.8) is 0 Å². The summed E-state index contributed by atoms with van der Waals surface area (Å²) in [4.78, 5) is 12.3. The number of aromatic nitrogens is 2. The topological polar surface area (TPSA) is 56.1 Å². The molecule has 0 saturated heterocycles. The van der Waals surface area contributed by atoms with E-state index in [1.165, 1.54) is 0 Å². The van der Waals surface area contributed by atoms with Crippen molar-refractivity contribution < 1.29 is 9.53 Å².